The number of benzene rings is 1. The molecule has 0 saturated heterocycles. The molecule has 1 aromatic rings. The van der Waals surface area contributed by atoms with Gasteiger partial charge in [0, 0.05) is 23.1 Å². The average molecular weight is 315 g/mol. The van der Waals surface area contributed by atoms with Crippen LogP contribution in [0.3, 0.4) is 0 Å². The normalized spacial score (nSPS) is 15.7. The Morgan fingerprint density at radius 3 is 2.82 bits per heavy atom. The molecular weight excluding hydrogens is 302 g/mol. The first kappa shape index (κ1) is 12.7. The van der Waals surface area contributed by atoms with Crippen molar-refractivity contribution in [1.29, 1.82) is 0 Å². The Labute approximate surface area is 114 Å². The molecule has 0 N–H and O–H groups in total. The van der Waals surface area contributed by atoms with Gasteiger partial charge in [0.2, 0.25) is 0 Å². The van der Waals surface area contributed by atoms with Crippen LogP contribution in [-0.4, -0.2) is 23.9 Å². The molecule has 0 atom stereocenters. The first-order chi connectivity index (χ1) is 8.08. The highest BCUT2D eigenvalue weighted by molar-refractivity contribution is 9.10. The third kappa shape index (κ3) is 2.90. The van der Waals surface area contributed by atoms with E-state index in [1.807, 2.05) is 4.90 Å². The summed E-state index contributed by atoms with van der Waals surface area (Å²) in [5.41, 5.74) is 1.99. The molecule has 1 aliphatic heterocycles. The Kier molecular flexibility index (Phi) is 3.89. The summed E-state index contributed by atoms with van der Waals surface area (Å²) in [4.78, 5) is 14.0. The average Bonchev–Trinajstić information content (AvgIpc) is 2.33. The van der Waals surface area contributed by atoms with Crippen molar-refractivity contribution >= 4 is 33.4 Å². The minimum atomic E-state index is 0.0446. The second-order valence-corrected chi connectivity index (χ2v) is 5.44. The van der Waals surface area contributed by atoms with Crippen molar-refractivity contribution in [2.45, 2.75) is 13.3 Å². The maximum Gasteiger partial charge on any atom is 0.254 e. The summed E-state index contributed by atoms with van der Waals surface area (Å²) >= 11 is 9.31. The van der Waals surface area contributed by atoms with E-state index in [1.54, 1.807) is 18.2 Å². The SMILES string of the molecule is CC1=CCN(C(=O)c2ccc(Br)c(Cl)c2)CC1. The zero-order valence-corrected chi connectivity index (χ0v) is 11.9. The Bertz CT molecular complexity index is 484. The Morgan fingerprint density at radius 1 is 1.47 bits per heavy atom. The van der Waals surface area contributed by atoms with E-state index in [1.165, 1.54) is 5.57 Å². The highest BCUT2D eigenvalue weighted by Gasteiger charge is 2.17. The molecule has 90 valence electrons. The van der Waals surface area contributed by atoms with E-state index in [0.717, 1.165) is 17.4 Å². The quantitative estimate of drug-likeness (QED) is 0.720. The molecular formula is C13H13BrClNO. The van der Waals surface area contributed by atoms with E-state index >= 15 is 0 Å². The number of hydrogen-bond donors (Lipinski definition) is 0. The zero-order valence-electron chi connectivity index (χ0n) is 9.54. The minimum Gasteiger partial charge on any atom is -0.335 e. The molecule has 0 aliphatic carbocycles. The van der Waals surface area contributed by atoms with Gasteiger partial charge in [-0.05, 0) is 47.5 Å². The topological polar surface area (TPSA) is 20.3 Å². The third-order valence-corrected chi connectivity index (χ3v) is 4.12. The van der Waals surface area contributed by atoms with Crippen LogP contribution < -0.4 is 0 Å². The monoisotopic (exact) mass is 313 g/mol. The van der Waals surface area contributed by atoms with Crippen molar-refractivity contribution in [3.63, 3.8) is 0 Å². The van der Waals surface area contributed by atoms with Crippen LogP contribution in [-0.2, 0) is 0 Å². The molecule has 1 aromatic carbocycles. The van der Waals surface area contributed by atoms with Crippen molar-refractivity contribution in [2.75, 3.05) is 13.1 Å². The molecule has 0 radical (unpaired) electrons. The number of hydrogen-bond acceptors (Lipinski definition) is 1. The number of halogens is 2. The summed E-state index contributed by atoms with van der Waals surface area (Å²) in [6.07, 6.45) is 3.05. The lowest BCUT2D eigenvalue weighted by Crippen LogP contribution is -2.34. The number of nitrogens with zero attached hydrogens (tertiary/aromatic N) is 1. The lowest BCUT2D eigenvalue weighted by atomic mass is 10.1. The third-order valence-electron chi connectivity index (χ3n) is 2.89. The second-order valence-electron chi connectivity index (χ2n) is 4.18. The molecule has 17 heavy (non-hydrogen) atoms. The van der Waals surface area contributed by atoms with Gasteiger partial charge in [0.25, 0.3) is 5.91 Å². The maximum atomic E-state index is 12.2. The van der Waals surface area contributed by atoms with E-state index < -0.39 is 0 Å². The van der Waals surface area contributed by atoms with Crippen molar-refractivity contribution in [1.82, 2.24) is 4.90 Å². The van der Waals surface area contributed by atoms with Crippen molar-refractivity contribution in [3.8, 4) is 0 Å². The summed E-state index contributed by atoms with van der Waals surface area (Å²) in [5.74, 6) is 0.0446. The first-order valence-electron chi connectivity index (χ1n) is 5.48. The van der Waals surface area contributed by atoms with E-state index in [2.05, 4.69) is 28.9 Å². The van der Waals surface area contributed by atoms with Crippen molar-refractivity contribution in [3.05, 3.63) is 44.9 Å². The van der Waals surface area contributed by atoms with Gasteiger partial charge in [0.1, 0.15) is 0 Å². The lowest BCUT2D eigenvalue weighted by Gasteiger charge is -2.25. The summed E-state index contributed by atoms with van der Waals surface area (Å²) in [6, 6.07) is 5.31. The number of amides is 1. The lowest BCUT2D eigenvalue weighted by molar-refractivity contribution is 0.0769. The fourth-order valence-electron chi connectivity index (χ4n) is 1.77. The molecule has 0 bridgehead atoms. The van der Waals surface area contributed by atoms with Gasteiger partial charge in [0.05, 0.1) is 5.02 Å². The molecule has 0 fully saturated rings. The Balaban J connectivity index is 2.17. The van der Waals surface area contributed by atoms with Crippen molar-refractivity contribution in [2.24, 2.45) is 0 Å². The largest absolute Gasteiger partial charge is 0.335 e. The molecule has 2 rings (SSSR count). The van der Waals surface area contributed by atoms with Crippen LogP contribution in [0.5, 0.6) is 0 Å². The molecule has 1 amide bonds. The molecule has 0 spiro atoms. The fraction of sp³-hybridized carbons (Fsp3) is 0.308. The fourth-order valence-corrected chi connectivity index (χ4v) is 2.19. The predicted molar refractivity (Wildman–Crippen MR) is 73.4 cm³/mol. The van der Waals surface area contributed by atoms with Gasteiger partial charge in [-0.2, -0.15) is 0 Å². The summed E-state index contributed by atoms with van der Waals surface area (Å²) < 4.78 is 0.810. The number of carbonyl (C=O) groups excluding carboxylic acids is 1. The van der Waals surface area contributed by atoms with Gasteiger partial charge in [0.15, 0.2) is 0 Å². The highest BCUT2D eigenvalue weighted by Crippen LogP contribution is 2.24. The molecule has 2 nitrogen and oxygen atoms in total. The van der Waals surface area contributed by atoms with Crippen molar-refractivity contribution < 1.29 is 4.79 Å². The van der Waals surface area contributed by atoms with Crippen LogP contribution in [0.2, 0.25) is 5.02 Å². The van der Waals surface area contributed by atoms with Crippen LogP contribution >= 0.6 is 27.5 Å². The van der Waals surface area contributed by atoms with Crippen LogP contribution in [0.4, 0.5) is 0 Å². The van der Waals surface area contributed by atoms with Gasteiger partial charge in [-0.25, -0.2) is 0 Å². The van der Waals surface area contributed by atoms with E-state index in [0.29, 0.717) is 17.1 Å². The van der Waals surface area contributed by atoms with Gasteiger partial charge >= 0.3 is 0 Å². The van der Waals surface area contributed by atoms with Gasteiger partial charge < -0.3 is 4.90 Å². The zero-order chi connectivity index (χ0) is 12.4. The van der Waals surface area contributed by atoms with Gasteiger partial charge in [-0.15, -0.1) is 0 Å². The number of rotatable bonds is 1. The number of carbonyl (C=O) groups is 1. The van der Waals surface area contributed by atoms with E-state index in [4.69, 9.17) is 11.6 Å². The summed E-state index contributed by atoms with van der Waals surface area (Å²) in [7, 11) is 0. The minimum absolute atomic E-state index is 0.0446. The highest BCUT2D eigenvalue weighted by atomic mass is 79.9. The molecule has 1 heterocycles. The molecule has 4 heteroatoms. The van der Waals surface area contributed by atoms with Gasteiger partial charge in [-0.1, -0.05) is 23.3 Å². The van der Waals surface area contributed by atoms with Gasteiger partial charge in [-0.3, -0.25) is 4.79 Å². The summed E-state index contributed by atoms with van der Waals surface area (Å²) in [5, 5.41) is 0.569. The standard InChI is InChI=1S/C13H13BrClNO/c1-9-4-6-16(7-5-9)13(17)10-2-3-11(14)12(15)8-10/h2-4,8H,5-7H2,1H3. The van der Waals surface area contributed by atoms with Crippen LogP contribution in [0, 0.1) is 0 Å². The second kappa shape index (κ2) is 5.23. The van der Waals surface area contributed by atoms with E-state index in [9.17, 15) is 4.79 Å². The smallest absolute Gasteiger partial charge is 0.254 e. The molecule has 0 saturated carbocycles. The van der Waals surface area contributed by atoms with Crippen LogP contribution in [0.25, 0.3) is 0 Å². The van der Waals surface area contributed by atoms with E-state index in [-0.39, 0.29) is 5.91 Å². The molecule has 0 unspecified atom stereocenters. The maximum absolute atomic E-state index is 12.2. The van der Waals surface area contributed by atoms with Crippen LogP contribution in [0.1, 0.15) is 23.7 Å². The Morgan fingerprint density at radius 2 is 2.24 bits per heavy atom. The predicted octanol–water partition coefficient (Wildman–Crippen LogP) is 3.89. The summed E-state index contributed by atoms with van der Waals surface area (Å²) in [6.45, 7) is 3.57. The molecule has 0 aromatic heterocycles. The molecule has 1 aliphatic rings. The Hall–Kier alpha value is -0.800. The van der Waals surface area contributed by atoms with Crippen LogP contribution in [0.15, 0.2) is 34.3 Å². The first-order valence-corrected chi connectivity index (χ1v) is 6.65.